The van der Waals surface area contributed by atoms with Gasteiger partial charge >= 0.3 is 5.97 Å². The van der Waals surface area contributed by atoms with Crippen molar-refractivity contribution in [1.29, 1.82) is 0 Å². The lowest BCUT2D eigenvalue weighted by molar-refractivity contribution is -0.131. The van der Waals surface area contributed by atoms with Gasteiger partial charge in [0.05, 0.1) is 5.25 Å². The molecule has 1 aromatic heterocycles. The van der Waals surface area contributed by atoms with E-state index in [1.54, 1.807) is 12.1 Å². The number of carboxylic acids is 1. The highest BCUT2D eigenvalue weighted by Gasteiger charge is 2.35. The summed E-state index contributed by atoms with van der Waals surface area (Å²) in [5.41, 5.74) is 0. The second-order valence-corrected chi connectivity index (χ2v) is 7.29. The van der Waals surface area contributed by atoms with E-state index in [1.165, 1.54) is 17.4 Å². The highest BCUT2D eigenvalue weighted by molar-refractivity contribution is 7.90. The second kappa shape index (κ2) is 5.21. The molecule has 1 saturated carbocycles. The zero-order valence-electron chi connectivity index (χ0n) is 9.50. The first-order valence-corrected chi connectivity index (χ1v) is 7.82. The zero-order chi connectivity index (χ0) is 13.2. The molecular weight excluding hydrogens is 274 g/mol. The van der Waals surface area contributed by atoms with E-state index in [9.17, 15) is 13.2 Å². The maximum absolute atomic E-state index is 11.6. The lowest BCUT2D eigenvalue weighted by atomic mass is 10.4. The quantitative estimate of drug-likeness (QED) is 0.775. The van der Waals surface area contributed by atoms with Crippen molar-refractivity contribution in [3.63, 3.8) is 0 Å². The Morgan fingerprint density at radius 3 is 2.83 bits per heavy atom. The molecule has 0 aromatic carbocycles. The van der Waals surface area contributed by atoms with Gasteiger partial charge in [-0.25, -0.2) is 17.9 Å². The first-order chi connectivity index (χ1) is 8.47. The maximum Gasteiger partial charge on any atom is 0.328 e. The highest BCUT2D eigenvalue weighted by atomic mass is 32.2. The molecule has 0 unspecified atom stereocenters. The molecule has 7 heteroatoms. The Balaban J connectivity index is 1.92. The van der Waals surface area contributed by atoms with Gasteiger partial charge in [-0.3, -0.25) is 0 Å². The summed E-state index contributed by atoms with van der Waals surface area (Å²) >= 11 is 1.37. The number of hydrogen-bond acceptors (Lipinski definition) is 4. The zero-order valence-corrected chi connectivity index (χ0v) is 11.1. The van der Waals surface area contributed by atoms with Gasteiger partial charge in [-0.15, -0.1) is 11.3 Å². The normalized spacial score (nSPS) is 16.2. The van der Waals surface area contributed by atoms with E-state index in [-0.39, 0.29) is 11.8 Å². The largest absolute Gasteiger partial charge is 0.478 e. The van der Waals surface area contributed by atoms with Crippen LogP contribution in [0.25, 0.3) is 6.08 Å². The Bertz CT molecular complexity index is 570. The Hall–Kier alpha value is -1.18. The van der Waals surface area contributed by atoms with Gasteiger partial charge in [-0.05, 0) is 31.1 Å². The van der Waals surface area contributed by atoms with Crippen LogP contribution in [-0.2, 0) is 21.4 Å². The number of aliphatic carboxylic acids is 1. The lowest BCUT2D eigenvalue weighted by Crippen LogP contribution is -2.26. The maximum atomic E-state index is 11.6. The molecule has 0 radical (unpaired) electrons. The minimum absolute atomic E-state index is 0.219. The summed E-state index contributed by atoms with van der Waals surface area (Å²) in [7, 11) is -3.16. The third-order valence-corrected chi connectivity index (χ3v) is 5.43. The van der Waals surface area contributed by atoms with Crippen molar-refractivity contribution in [1.82, 2.24) is 4.72 Å². The van der Waals surface area contributed by atoms with Crippen LogP contribution in [0, 0.1) is 0 Å². The SMILES string of the molecule is O=C(O)C=Cc1ccc(CNS(=O)(=O)C2CC2)s1. The molecule has 98 valence electrons. The van der Waals surface area contributed by atoms with Crippen molar-refractivity contribution in [3.05, 3.63) is 28.0 Å². The molecule has 0 saturated heterocycles. The summed E-state index contributed by atoms with van der Waals surface area (Å²) in [5.74, 6) is -1.00. The van der Waals surface area contributed by atoms with Gasteiger partial charge in [0.2, 0.25) is 10.0 Å². The van der Waals surface area contributed by atoms with E-state index in [0.29, 0.717) is 0 Å². The minimum Gasteiger partial charge on any atom is -0.478 e. The average Bonchev–Trinajstić information content (AvgIpc) is 3.06. The topological polar surface area (TPSA) is 83.5 Å². The summed E-state index contributed by atoms with van der Waals surface area (Å²) in [6, 6.07) is 3.56. The Kier molecular flexibility index (Phi) is 3.84. The van der Waals surface area contributed by atoms with Gasteiger partial charge < -0.3 is 5.11 Å². The van der Waals surface area contributed by atoms with Gasteiger partial charge in [0.1, 0.15) is 0 Å². The molecule has 1 aliphatic carbocycles. The Morgan fingerprint density at radius 1 is 1.50 bits per heavy atom. The Labute approximate surface area is 109 Å². The summed E-state index contributed by atoms with van der Waals surface area (Å²) in [4.78, 5) is 12.0. The fourth-order valence-corrected chi connectivity index (χ4v) is 3.70. The van der Waals surface area contributed by atoms with E-state index in [1.807, 2.05) is 0 Å². The van der Waals surface area contributed by atoms with Crippen LogP contribution >= 0.6 is 11.3 Å². The molecule has 2 rings (SSSR count). The molecule has 1 aliphatic rings. The average molecular weight is 287 g/mol. The van der Waals surface area contributed by atoms with Gasteiger partial charge in [-0.2, -0.15) is 0 Å². The van der Waals surface area contributed by atoms with Gasteiger partial charge in [-0.1, -0.05) is 0 Å². The summed E-state index contributed by atoms with van der Waals surface area (Å²) in [6.45, 7) is 0.268. The van der Waals surface area contributed by atoms with Gasteiger partial charge in [0, 0.05) is 22.4 Å². The highest BCUT2D eigenvalue weighted by Crippen LogP contribution is 2.28. The van der Waals surface area contributed by atoms with Gasteiger partial charge in [0.15, 0.2) is 0 Å². The van der Waals surface area contributed by atoms with Crippen molar-refractivity contribution in [2.24, 2.45) is 0 Å². The molecule has 2 N–H and O–H groups in total. The fourth-order valence-electron chi connectivity index (χ4n) is 1.40. The Morgan fingerprint density at radius 2 is 2.22 bits per heavy atom. The number of rotatable bonds is 6. The monoisotopic (exact) mass is 287 g/mol. The molecule has 1 heterocycles. The van der Waals surface area contributed by atoms with Crippen LogP contribution in [0.4, 0.5) is 0 Å². The third kappa shape index (κ3) is 3.66. The predicted octanol–water partition coefficient (Wildman–Crippen LogP) is 1.43. The van der Waals surface area contributed by atoms with Crippen LogP contribution in [-0.4, -0.2) is 24.7 Å². The molecule has 0 bridgehead atoms. The number of carbonyl (C=O) groups is 1. The van der Waals surface area contributed by atoms with Crippen molar-refractivity contribution in [2.45, 2.75) is 24.6 Å². The number of hydrogen-bond donors (Lipinski definition) is 2. The molecule has 1 fully saturated rings. The predicted molar refractivity (Wildman–Crippen MR) is 69.8 cm³/mol. The third-order valence-electron chi connectivity index (χ3n) is 2.48. The van der Waals surface area contributed by atoms with Crippen LogP contribution < -0.4 is 4.72 Å². The molecule has 5 nitrogen and oxygen atoms in total. The first kappa shape index (κ1) is 13.3. The van der Waals surface area contributed by atoms with E-state index < -0.39 is 16.0 Å². The summed E-state index contributed by atoms with van der Waals surface area (Å²) in [5, 5.41) is 8.27. The molecule has 18 heavy (non-hydrogen) atoms. The fraction of sp³-hybridized carbons (Fsp3) is 0.364. The van der Waals surface area contributed by atoms with Crippen molar-refractivity contribution in [2.75, 3.05) is 0 Å². The first-order valence-electron chi connectivity index (χ1n) is 5.45. The summed E-state index contributed by atoms with van der Waals surface area (Å²) < 4.78 is 25.7. The number of carboxylic acid groups (broad SMARTS) is 1. The molecule has 0 aliphatic heterocycles. The van der Waals surface area contributed by atoms with E-state index in [0.717, 1.165) is 28.7 Å². The second-order valence-electron chi connectivity index (χ2n) is 4.04. The van der Waals surface area contributed by atoms with E-state index in [4.69, 9.17) is 5.11 Å². The number of nitrogens with one attached hydrogen (secondary N) is 1. The lowest BCUT2D eigenvalue weighted by Gasteiger charge is -2.02. The standard InChI is InChI=1S/C11H13NO4S2/c13-11(14)6-3-8-1-2-9(17-8)7-12-18(15,16)10-4-5-10/h1-3,6,10,12H,4-5,7H2,(H,13,14). The molecule has 0 atom stereocenters. The number of thiophene rings is 1. The van der Waals surface area contributed by atoms with E-state index in [2.05, 4.69) is 4.72 Å². The summed E-state index contributed by atoms with van der Waals surface area (Å²) in [6.07, 6.45) is 4.04. The number of sulfonamides is 1. The van der Waals surface area contributed by atoms with Crippen molar-refractivity contribution >= 4 is 33.4 Å². The van der Waals surface area contributed by atoms with Gasteiger partial charge in [0.25, 0.3) is 0 Å². The van der Waals surface area contributed by atoms with Crippen molar-refractivity contribution in [3.8, 4) is 0 Å². The molecule has 0 spiro atoms. The smallest absolute Gasteiger partial charge is 0.328 e. The molecule has 0 amide bonds. The molecule has 1 aromatic rings. The van der Waals surface area contributed by atoms with Crippen LogP contribution in [0.5, 0.6) is 0 Å². The minimum atomic E-state index is -3.16. The van der Waals surface area contributed by atoms with Crippen LogP contribution in [0.15, 0.2) is 18.2 Å². The van der Waals surface area contributed by atoms with Crippen LogP contribution in [0.1, 0.15) is 22.6 Å². The van der Waals surface area contributed by atoms with Crippen LogP contribution in [0.2, 0.25) is 0 Å². The molecular formula is C11H13NO4S2. The van der Waals surface area contributed by atoms with E-state index >= 15 is 0 Å². The van der Waals surface area contributed by atoms with Crippen molar-refractivity contribution < 1.29 is 18.3 Å². The van der Waals surface area contributed by atoms with Crippen LogP contribution in [0.3, 0.4) is 0 Å².